The van der Waals surface area contributed by atoms with E-state index >= 15 is 0 Å². The molecule has 2 N–H and O–H groups in total. The summed E-state index contributed by atoms with van der Waals surface area (Å²) in [5, 5.41) is 19.4. The summed E-state index contributed by atoms with van der Waals surface area (Å²) < 4.78 is 5.75. The van der Waals surface area contributed by atoms with Crippen molar-refractivity contribution in [3.8, 4) is 5.75 Å². The lowest BCUT2D eigenvalue weighted by Gasteiger charge is -2.41. The van der Waals surface area contributed by atoms with Gasteiger partial charge in [-0.05, 0) is 57.4 Å². The van der Waals surface area contributed by atoms with E-state index in [0.29, 0.717) is 0 Å². The van der Waals surface area contributed by atoms with Crippen molar-refractivity contribution in [2.75, 3.05) is 19.7 Å². The van der Waals surface area contributed by atoms with Crippen molar-refractivity contribution >= 4 is 0 Å². The van der Waals surface area contributed by atoms with Crippen molar-refractivity contribution in [3.05, 3.63) is 42.0 Å². The monoisotopic (exact) mass is 333 g/mol. The predicted octanol–water partition coefficient (Wildman–Crippen LogP) is 3.12. The molecule has 0 saturated carbocycles. The van der Waals surface area contributed by atoms with E-state index in [1.54, 1.807) is 0 Å². The van der Waals surface area contributed by atoms with Crippen LogP contribution in [0.25, 0.3) is 0 Å². The van der Waals surface area contributed by atoms with E-state index in [1.807, 2.05) is 32.1 Å². The lowest BCUT2D eigenvalue weighted by Crippen LogP contribution is -2.44. The van der Waals surface area contributed by atoms with Crippen LogP contribution in [-0.2, 0) is 13.2 Å². The lowest BCUT2D eigenvalue weighted by molar-refractivity contribution is 0.0309. The average Bonchev–Trinajstić information content (AvgIpc) is 2.56. The fourth-order valence-electron chi connectivity index (χ4n) is 3.59. The molecule has 0 amide bonds. The molecule has 1 heterocycles. The maximum absolute atomic E-state index is 9.83. The van der Waals surface area contributed by atoms with E-state index in [0.717, 1.165) is 50.2 Å². The predicted molar refractivity (Wildman–Crippen MR) is 97.0 cm³/mol. The lowest BCUT2D eigenvalue weighted by atomic mass is 9.77. The summed E-state index contributed by atoms with van der Waals surface area (Å²) in [6, 6.07) is 6.05. The van der Waals surface area contributed by atoms with E-state index in [2.05, 4.69) is 17.5 Å². The van der Waals surface area contributed by atoms with Gasteiger partial charge in [-0.1, -0.05) is 12.1 Å². The van der Waals surface area contributed by atoms with Crippen LogP contribution >= 0.6 is 0 Å². The summed E-state index contributed by atoms with van der Waals surface area (Å²) in [4.78, 5) is 2.39. The summed E-state index contributed by atoms with van der Waals surface area (Å²) in [6.45, 7) is 10.7. The first kappa shape index (κ1) is 19.0. The van der Waals surface area contributed by atoms with Crippen LogP contribution in [0.1, 0.15) is 44.2 Å². The standard InChI is InChI=1S/C20H31NO3/c1-4-8-20(15-23)9-5-10-21(14-20)12-17-6-7-19(24-16(2)3)18(11-17)13-22/h4,6-7,11,16,22-23H,1,5,8-10,12-15H2,2-3H3. The van der Waals surface area contributed by atoms with Crippen LogP contribution in [0.4, 0.5) is 0 Å². The van der Waals surface area contributed by atoms with Gasteiger partial charge in [0, 0.05) is 24.1 Å². The minimum Gasteiger partial charge on any atom is -0.491 e. The Morgan fingerprint density at radius 2 is 2.17 bits per heavy atom. The third kappa shape index (κ3) is 4.82. The second kappa shape index (κ2) is 8.65. The third-order valence-corrected chi connectivity index (χ3v) is 4.72. The molecule has 0 aromatic heterocycles. The molecule has 0 aliphatic carbocycles. The Kier molecular flexibility index (Phi) is 6.84. The topological polar surface area (TPSA) is 52.9 Å². The Morgan fingerprint density at radius 3 is 2.79 bits per heavy atom. The van der Waals surface area contributed by atoms with Crippen LogP contribution < -0.4 is 4.74 Å². The van der Waals surface area contributed by atoms with E-state index in [1.165, 1.54) is 5.56 Å². The van der Waals surface area contributed by atoms with Crippen LogP contribution in [0.3, 0.4) is 0 Å². The number of likely N-dealkylation sites (tertiary alicyclic amines) is 1. The number of aliphatic hydroxyl groups excluding tert-OH is 2. The zero-order valence-corrected chi connectivity index (χ0v) is 15.0. The number of allylic oxidation sites excluding steroid dienone is 1. The number of hydrogen-bond donors (Lipinski definition) is 2. The molecule has 4 heteroatoms. The van der Waals surface area contributed by atoms with Gasteiger partial charge in [0.05, 0.1) is 19.3 Å². The molecule has 1 saturated heterocycles. The van der Waals surface area contributed by atoms with Gasteiger partial charge in [-0.15, -0.1) is 6.58 Å². The second-order valence-corrected chi connectivity index (χ2v) is 7.23. The molecular formula is C20H31NO3. The molecule has 4 nitrogen and oxygen atoms in total. The maximum Gasteiger partial charge on any atom is 0.125 e. The summed E-state index contributed by atoms with van der Waals surface area (Å²) >= 11 is 0. The molecule has 1 unspecified atom stereocenters. The van der Waals surface area contributed by atoms with Crippen LogP contribution in [0, 0.1) is 5.41 Å². The molecule has 1 atom stereocenters. The average molecular weight is 333 g/mol. The Morgan fingerprint density at radius 1 is 1.38 bits per heavy atom. The van der Waals surface area contributed by atoms with Crippen LogP contribution in [0.2, 0.25) is 0 Å². The highest BCUT2D eigenvalue weighted by molar-refractivity contribution is 5.37. The third-order valence-electron chi connectivity index (χ3n) is 4.72. The van der Waals surface area contributed by atoms with Gasteiger partial charge in [0.2, 0.25) is 0 Å². The van der Waals surface area contributed by atoms with Crippen molar-refractivity contribution in [1.29, 1.82) is 0 Å². The molecule has 134 valence electrons. The number of benzene rings is 1. The number of aliphatic hydroxyl groups is 2. The minimum absolute atomic E-state index is 0.0209. The minimum atomic E-state index is -0.0551. The summed E-state index contributed by atoms with van der Waals surface area (Å²) in [5.41, 5.74) is 1.95. The fraction of sp³-hybridized carbons (Fsp3) is 0.600. The van der Waals surface area contributed by atoms with Crippen molar-refractivity contribution in [3.63, 3.8) is 0 Å². The van der Waals surface area contributed by atoms with Gasteiger partial charge >= 0.3 is 0 Å². The highest BCUT2D eigenvalue weighted by Crippen LogP contribution is 2.34. The van der Waals surface area contributed by atoms with Gasteiger partial charge in [-0.2, -0.15) is 0 Å². The first-order chi connectivity index (χ1) is 11.5. The van der Waals surface area contributed by atoms with E-state index < -0.39 is 0 Å². The van der Waals surface area contributed by atoms with Crippen molar-refractivity contribution in [1.82, 2.24) is 4.90 Å². The molecular weight excluding hydrogens is 302 g/mol. The normalized spacial score (nSPS) is 21.9. The van der Waals surface area contributed by atoms with E-state index in [-0.39, 0.29) is 24.7 Å². The molecule has 24 heavy (non-hydrogen) atoms. The van der Waals surface area contributed by atoms with Gasteiger partial charge in [-0.3, -0.25) is 4.90 Å². The Balaban J connectivity index is 2.08. The molecule has 1 aliphatic rings. The number of rotatable bonds is 8. The van der Waals surface area contributed by atoms with Gasteiger partial charge in [0.25, 0.3) is 0 Å². The van der Waals surface area contributed by atoms with Crippen molar-refractivity contribution in [2.45, 2.75) is 52.4 Å². The highest BCUT2D eigenvalue weighted by atomic mass is 16.5. The number of piperidine rings is 1. The molecule has 1 aromatic rings. The summed E-state index contributed by atoms with van der Waals surface area (Å²) in [5.74, 6) is 0.756. The maximum atomic E-state index is 9.83. The first-order valence-electron chi connectivity index (χ1n) is 8.85. The first-order valence-corrected chi connectivity index (χ1v) is 8.85. The van der Waals surface area contributed by atoms with Crippen molar-refractivity contribution < 1.29 is 14.9 Å². The van der Waals surface area contributed by atoms with Gasteiger partial charge in [0.1, 0.15) is 5.75 Å². The highest BCUT2D eigenvalue weighted by Gasteiger charge is 2.33. The van der Waals surface area contributed by atoms with Crippen LogP contribution in [0.5, 0.6) is 5.75 Å². The summed E-state index contributed by atoms with van der Waals surface area (Å²) in [6.07, 6.45) is 5.00. The molecule has 0 spiro atoms. The zero-order valence-electron chi connectivity index (χ0n) is 15.0. The molecule has 1 aliphatic heterocycles. The number of ether oxygens (including phenoxy) is 1. The molecule has 1 aromatic carbocycles. The molecule has 2 rings (SSSR count). The van der Waals surface area contributed by atoms with Gasteiger partial charge < -0.3 is 14.9 Å². The van der Waals surface area contributed by atoms with Gasteiger partial charge in [-0.25, -0.2) is 0 Å². The molecule has 0 radical (unpaired) electrons. The molecule has 1 fully saturated rings. The largest absolute Gasteiger partial charge is 0.491 e. The van der Waals surface area contributed by atoms with Crippen molar-refractivity contribution in [2.24, 2.45) is 5.41 Å². The quantitative estimate of drug-likeness (QED) is 0.718. The zero-order chi connectivity index (χ0) is 17.6. The van der Waals surface area contributed by atoms with E-state index in [4.69, 9.17) is 4.74 Å². The Labute approximate surface area is 145 Å². The van der Waals surface area contributed by atoms with Gasteiger partial charge in [0.15, 0.2) is 0 Å². The Hall–Kier alpha value is -1.36. The second-order valence-electron chi connectivity index (χ2n) is 7.23. The van der Waals surface area contributed by atoms with E-state index in [9.17, 15) is 10.2 Å². The Bertz CT molecular complexity index is 544. The fourth-order valence-corrected chi connectivity index (χ4v) is 3.59. The summed E-state index contributed by atoms with van der Waals surface area (Å²) in [7, 11) is 0. The number of hydrogen-bond acceptors (Lipinski definition) is 4. The number of nitrogens with zero attached hydrogens (tertiary/aromatic N) is 1. The SMILES string of the molecule is C=CCC1(CO)CCCN(Cc2ccc(OC(C)C)c(CO)c2)C1. The molecule has 0 bridgehead atoms. The van der Waals surface area contributed by atoms with Crippen LogP contribution in [-0.4, -0.2) is 40.9 Å². The van der Waals surface area contributed by atoms with Crippen LogP contribution in [0.15, 0.2) is 30.9 Å². The smallest absolute Gasteiger partial charge is 0.125 e.